The molecule has 0 aromatic heterocycles. The van der Waals surface area contributed by atoms with Crippen LogP contribution in [0.15, 0.2) is 12.1 Å². The fourth-order valence-electron chi connectivity index (χ4n) is 4.06. The van der Waals surface area contributed by atoms with Crippen molar-refractivity contribution in [3.63, 3.8) is 0 Å². The van der Waals surface area contributed by atoms with Crippen molar-refractivity contribution in [2.75, 3.05) is 13.2 Å². The molecule has 0 atom stereocenters. The van der Waals surface area contributed by atoms with Crippen molar-refractivity contribution in [2.45, 2.75) is 97.8 Å². The summed E-state index contributed by atoms with van der Waals surface area (Å²) in [6, 6.07) is 2.29. The normalized spacial score (nSPS) is 12.5. The maximum absolute atomic E-state index is 12.9. The number of amides is 2. The van der Waals surface area contributed by atoms with Gasteiger partial charge in [-0.2, -0.15) is 0 Å². The molecule has 1 aromatic rings. The number of fused-ring (bicyclic) bond motifs is 1. The smallest absolute Gasteiger partial charge is 0.339 e. The van der Waals surface area contributed by atoms with Crippen LogP contribution in [0.3, 0.4) is 0 Å². The highest BCUT2D eigenvalue weighted by Gasteiger charge is 2.41. The lowest BCUT2D eigenvalue weighted by Gasteiger charge is -2.11. The average molecular weight is 518 g/mol. The van der Waals surface area contributed by atoms with Gasteiger partial charge in [0.25, 0.3) is 11.8 Å². The van der Waals surface area contributed by atoms with Crippen LogP contribution in [0, 0.1) is 0 Å². The Balaban J connectivity index is 2.14. The van der Waals surface area contributed by atoms with Crippen molar-refractivity contribution in [2.24, 2.45) is 0 Å². The predicted octanol–water partition coefficient (Wildman–Crippen LogP) is 5.80. The Morgan fingerprint density at radius 2 is 1.03 bits per heavy atom. The van der Waals surface area contributed by atoms with Gasteiger partial charge in [0.15, 0.2) is 0 Å². The van der Waals surface area contributed by atoms with Gasteiger partial charge in [0, 0.05) is 6.92 Å². The second kappa shape index (κ2) is 15.8. The molecule has 0 saturated carbocycles. The van der Waals surface area contributed by atoms with E-state index >= 15 is 0 Å². The summed E-state index contributed by atoms with van der Waals surface area (Å²) in [6.45, 7) is 5.66. The molecule has 2 amide bonds. The molecule has 204 valence electrons. The van der Waals surface area contributed by atoms with E-state index in [1.54, 1.807) is 0 Å². The van der Waals surface area contributed by atoms with Crippen molar-refractivity contribution >= 4 is 29.7 Å². The quantitative estimate of drug-likeness (QED) is 0.145. The molecule has 0 spiro atoms. The predicted molar refractivity (Wildman–Crippen MR) is 136 cm³/mol. The molecule has 9 heteroatoms. The maximum Gasteiger partial charge on any atom is 0.339 e. The summed E-state index contributed by atoms with van der Waals surface area (Å²) in [6.07, 6.45) is 12.1. The Hall–Kier alpha value is -3.23. The molecular weight excluding hydrogens is 478 g/mol. The molecule has 0 unspecified atom stereocenters. The van der Waals surface area contributed by atoms with E-state index in [4.69, 9.17) is 14.3 Å². The summed E-state index contributed by atoms with van der Waals surface area (Å²) in [5.41, 5.74) is -0.623. The number of ether oxygens (including phenoxy) is 2. The summed E-state index contributed by atoms with van der Waals surface area (Å²) in [5.74, 6) is -4.21. The number of carbonyl (C=O) groups is 5. The Kier molecular flexibility index (Phi) is 12.8. The molecule has 9 nitrogen and oxygen atoms in total. The van der Waals surface area contributed by atoms with E-state index in [2.05, 4.69) is 13.8 Å². The van der Waals surface area contributed by atoms with E-state index in [1.807, 2.05) is 0 Å². The standard InChI is InChI=1S/C28H39NO8/c1-4-6-8-10-12-14-16-35-27(33)23-18-21-22(26(32)29(25(21)31)37-20(3)30)19-24(23)28(34)36-17-15-13-11-9-7-5-2/h18-19H,4-17H2,1-3H3. The molecule has 0 N–H and O–H groups in total. The van der Waals surface area contributed by atoms with Crippen LogP contribution in [0.25, 0.3) is 0 Å². The van der Waals surface area contributed by atoms with Crippen molar-refractivity contribution in [1.29, 1.82) is 0 Å². The molecule has 0 aliphatic carbocycles. The first-order valence-electron chi connectivity index (χ1n) is 13.4. The lowest BCUT2D eigenvalue weighted by atomic mass is 9.99. The van der Waals surface area contributed by atoms with Gasteiger partial charge in [-0.15, -0.1) is 0 Å². The van der Waals surface area contributed by atoms with Gasteiger partial charge in [0.2, 0.25) is 0 Å². The zero-order valence-corrected chi connectivity index (χ0v) is 22.3. The van der Waals surface area contributed by atoms with Gasteiger partial charge in [-0.25, -0.2) is 14.4 Å². The van der Waals surface area contributed by atoms with E-state index in [9.17, 15) is 24.0 Å². The number of nitrogens with zero attached hydrogens (tertiary/aromatic N) is 1. The Labute approximate surface area is 218 Å². The largest absolute Gasteiger partial charge is 0.462 e. The second-order valence-electron chi connectivity index (χ2n) is 9.24. The van der Waals surface area contributed by atoms with Crippen LogP contribution >= 0.6 is 0 Å². The zero-order chi connectivity index (χ0) is 27.2. The minimum atomic E-state index is -0.896. The van der Waals surface area contributed by atoms with E-state index in [0.717, 1.165) is 83.3 Å². The summed E-state index contributed by atoms with van der Waals surface area (Å²) in [5, 5.41) is 0.323. The van der Waals surface area contributed by atoms with Crippen LogP contribution in [0.2, 0.25) is 0 Å². The van der Waals surface area contributed by atoms with Crippen LogP contribution in [0.5, 0.6) is 0 Å². The third-order valence-electron chi connectivity index (χ3n) is 6.11. The highest BCUT2D eigenvalue weighted by molar-refractivity contribution is 6.22. The Morgan fingerprint density at radius 3 is 1.41 bits per heavy atom. The van der Waals surface area contributed by atoms with Crippen molar-refractivity contribution in [3.05, 3.63) is 34.4 Å². The van der Waals surface area contributed by atoms with Crippen LogP contribution in [-0.4, -0.2) is 48.0 Å². The third-order valence-corrected chi connectivity index (χ3v) is 6.11. The maximum atomic E-state index is 12.9. The van der Waals surface area contributed by atoms with Gasteiger partial charge >= 0.3 is 17.9 Å². The molecule has 1 aromatic carbocycles. The van der Waals surface area contributed by atoms with E-state index in [-0.39, 0.29) is 35.5 Å². The summed E-state index contributed by atoms with van der Waals surface area (Å²) < 4.78 is 10.8. The average Bonchev–Trinajstić information content (AvgIpc) is 3.10. The number of benzene rings is 1. The third kappa shape index (κ3) is 8.98. The summed E-state index contributed by atoms with van der Waals surface area (Å²) in [7, 11) is 0. The van der Waals surface area contributed by atoms with Crippen LogP contribution in [0.1, 0.15) is 139 Å². The number of esters is 2. The van der Waals surface area contributed by atoms with Gasteiger partial charge in [0.05, 0.1) is 35.5 Å². The minimum absolute atomic E-state index is 0.148. The zero-order valence-electron chi connectivity index (χ0n) is 22.3. The number of hydroxylamine groups is 2. The fourth-order valence-corrected chi connectivity index (χ4v) is 4.06. The highest BCUT2D eigenvalue weighted by atomic mass is 16.7. The Morgan fingerprint density at radius 1 is 0.649 bits per heavy atom. The lowest BCUT2D eigenvalue weighted by molar-refractivity contribution is -0.165. The van der Waals surface area contributed by atoms with E-state index in [0.29, 0.717) is 17.9 Å². The monoisotopic (exact) mass is 517 g/mol. The number of hydrogen-bond donors (Lipinski definition) is 0. The van der Waals surface area contributed by atoms with Crippen molar-refractivity contribution < 1.29 is 38.3 Å². The molecule has 1 aliphatic heterocycles. The van der Waals surface area contributed by atoms with Gasteiger partial charge in [-0.1, -0.05) is 83.1 Å². The van der Waals surface area contributed by atoms with Gasteiger partial charge in [-0.05, 0) is 25.0 Å². The Bertz CT molecular complexity index is 902. The minimum Gasteiger partial charge on any atom is -0.462 e. The first-order valence-corrected chi connectivity index (χ1v) is 13.4. The van der Waals surface area contributed by atoms with Gasteiger partial charge in [0.1, 0.15) is 0 Å². The van der Waals surface area contributed by atoms with Crippen molar-refractivity contribution in [1.82, 2.24) is 5.06 Å². The van der Waals surface area contributed by atoms with Crippen LogP contribution in [0.4, 0.5) is 0 Å². The lowest BCUT2D eigenvalue weighted by Crippen LogP contribution is -2.31. The van der Waals surface area contributed by atoms with Crippen molar-refractivity contribution in [3.8, 4) is 0 Å². The molecule has 1 heterocycles. The molecule has 37 heavy (non-hydrogen) atoms. The second-order valence-corrected chi connectivity index (χ2v) is 9.24. The number of imide groups is 1. The van der Waals surface area contributed by atoms with E-state index in [1.165, 1.54) is 0 Å². The molecular formula is C28H39NO8. The molecule has 1 aliphatic rings. The topological polar surface area (TPSA) is 116 Å². The molecule has 0 saturated heterocycles. The molecule has 0 bridgehead atoms. The number of unbranched alkanes of at least 4 members (excludes halogenated alkanes) is 10. The van der Waals surface area contributed by atoms with E-state index < -0.39 is 29.7 Å². The first kappa shape index (κ1) is 30.0. The highest BCUT2D eigenvalue weighted by Crippen LogP contribution is 2.28. The SMILES string of the molecule is CCCCCCCCOC(=O)c1cc2c(cc1C(=O)OCCCCCCCC)C(=O)N(OC(C)=O)C2=O. The van der Waals surface area contributed by atoms with Gasteiger partial charge < -0.3 is 14.3 Å². The number of hydrogen-bond acceptors (Lipinski definition) is 8. The molecule has 0 radical (unpaired) electrons. The summed E-state index contributed by atoms with van der Waals surface area (Å²) >= 11 is 0. The van der Waals surface area contributed by atoms with Crippen LogP contribution in [-0.2, 0) is 19.1 Å². The first-order chi connectivity index (χ1) is 17.8. The number of carbonyl (C=O) groups excluding carboxylic acids is 5. The van der Waals surface area contributed by atoms with Crippen LogP contribution < -0.4 is 0 Å². The summed E-state index contributed by atoms with van der Waals surface area (Å²) in [4.78, 5) is 67.2. The fraction of sp³-hybridized carbons (Fsp3) is 0.607. The molecule has 0 fully saturated rings. The number of rotatable bonds is 17. The molecule has 2 rings (SSSR count). The van der Waals surface area contributed by atoms with Gasteiger partial charge in [-0.3, -0.25) is 9.59 Å².